The van der Waals surface area contributed by atoms with E-state index >= 15 is 0 Å². The van der Waals surface area contributed by atoms with E-state index in [0.29, 0.717) is 71.6 Å². The second kappa shape index (κ2) is 9.18. The van der Waals surface area contributed by atoms with Gasteiger partial charge in [0.05, 0.1) is 11.0 Å². The van der Waals surface area contributed by atoms with E-state index in [-0.39, 0.29) is 12.4 Å². The van der Waals surface area contributed by atoms with Gasteiger partial charge in [0, 0.05) is 36.7 Å². The van der Waals surface area contributed by atoms with Gasteiger partial charge in [0.15, 0.2) is 23.0 Å². The zero-order valence-electron chi connectivity index (χ0n) is 19.0. The first-order valence-corrected chi connectivity index (χ1v) is 11.1. The molecule has 6 rings (SSSR count). The lowest BCUT2D eigenvalue weighted by molar-refractivity contribution is -0.134. The number of nitrogens with zero attached hydrogens (tertiary/aromatic N) is 2. The van der Waals surface area contributed by atoms with Crippen LogP contribution in [-0.4, -0.2) is 52.2 Å². The maximum atomic E-state index is 13.0. The highest BCUT2D eigenvalue weighted by Gasteiger charge is 2.23. The van der Waals surface area contributed by atoms with Crippen molar-refractivity contribution >= 4 is 27.9 Å². The van der Waals surface area contributed by atoms with Gasteiger partial charge in [-0.2, -0.15) is 0 Å². The van der Waals surface area contributed by atoms with E-state index in [1.165, 1.54) is 0 Å². The number of hydrogen-bond acceptors (Lipinski definition) is 8. The number of nitrogens with two attached hydrogens (primary N) is 1. The van der Waals surface area contributed by atoms with Crippen LogP contribution in [0.25, 0.3) is 33.2 Å². The third-order valence-corrected chi connectivity index (χ3v) is 5.60. The summed E-state index contributed by atoms with van der Waals surface area (Å²) < 4.78 is 24.7. The quantitative estimate of drug-likeness (QED) is 0.400. The molecule has 11 heteroatoms. The predicted molar refractivity (Wildman–Crippen MR) is 127 cm³/mol. The Morgan fingerprint density at radius 2 is 1.89 bits per heavy atom. The molecule has 0 fully saturated rings. The molecule has 2 aromatic carbocycles. The van der Waals surface area contributed by atoms with E-state index in [1.54, 1.807) is 12.1 Å². The number of carboxylic acids is 1. The van der Waals surface area contributed by atoms with E-state index in [0.717, 1.165) is 24.2 Å². The van der Waals surface area contributed by atoms with Crippen molar-refractivity contribution < 1.29 is 28.8 Å². The van der Waals surface area contributed by atoms with E-state index in [4.69, 9.17) is 39.6 Å². The second-order valence-electron chi connectivity index (χ2n) is 8.02. The second-order valence-corrected chi connectivity index (χ2v) is 8.02. The van der Waals surface area contributed by atoms with E-state index < -0.39 is 5.97 Å². The lowest BCUT2D eigenvalue weighted by Crippen LogP contribution is -2.17. The average Bonchev–Trinajstić information content (AvgIpc) is 3.44. The number of aliphatic carboxylic acids is 1. The zero-order valence-corrected chi connectivity index (χ0v) is 19.0. The van der Waals surface area contributed by atoms with Crippen LogP contribution in [0.2, 0.25) is 0 Å². The molecule has 0 unspecified atom stereocenters. The van der Waals surface area contributed by atoms with Crippen LogP contribution >= 0.6 is 0 Å². The maximum Gasteiger partial charge on any atom is 0.300 e. The third-order valence-electron chi connectivity index (χ3n) is 5.60. The monoisotopic (exact) mass is 480 g/mol. The normalized spacial score (nSPS) is 13.5. The molecule has 0 saturated heterocycles. The van der Waals surface area contributed by atoms with Crippen molar-refractivity contribution in [2.24, 2.45) is 5.73 Å². The minimum absolute atomic E-state index is 0.179. The van der Waals surface area contributed by atoms with Gasteiger partial charge >= 0.3 is 0 Å². The average molecular weight is 480 g/mol. The number of benzene rings is 2. The number of H-pyrrole nitrogens is 1. The van der Waals surface area contributed by atoms with Gasteiger partial charge in [-0.05, 0) is 31.2 Å². The van der Waals surface area contributed by atoms with Crippen LogP contribution in [0.3, 0.4) is 0 Å². The van der Waals surface area contributed by atoms with Gasteiger partial charge in [-0.1, -0.05) is 0 Å². The molecule has 4 aromatic rings. The van der Waals surface area contributed by atoms with Crippen molar-refractivity contribution in [1.82, 2.24) is 14.5 Å². The van der Waals surface area contributed by atoms with Crippen molar-refractivity contribution in [2.75, 3.05) is 26.6 Å². The molecule has 0 saturated carbocycles. The van der Waals surface area contributed by atoms with E-state index in [9.17, 15) is 4.79 Å². The summed E-state index contributed by atoms with van der Waals surface area (Å²) in [6, 6.07) is 7.40. The number of aromatic amines is 1. The lowest BCUT2D eigenvalue weighted by Gasteiger charge is -2.19. The number of carbonyl (C=O) groups is 1. The first-order valence-electron chi connectivity index (χ1n) is 11.1. The van der Waals surface area contributed by atoms with Gasteiger partial charge in [-0.15, -0.1) is 0 Å². The summed E-state index contributed by atoms with van der Waals surface area (Å²) in [5, 5.41) is 8.28. The molecular weight excluding hydrogens is 456 g/mol. The number of aromatic nitrogens is 3. The first kappa shape index (κ1) is 22.5. The van der Waals surface area contributed by atoms with Crippen molar-refractivity contribution in [3.05, 3.63) is 40.8 Å². The largest absolute Gasteiger partial charge is 0.486 e. The number of hydrogen-bond donors (Lipinski definition) is 3. The van der Waals surface area contributed by atoms with E-state index in [1.807, 2.05) is 18.3 Å². The Bertz CT molecular complexity index is 1490. The van der Waals surface area contributed by atoms with Crippen molar-refractivity contribution in [3.63, 3.8) is 0 Å². The zero-order chi connectivity index (χ0) is 24.5. The molecule has 4 N–H and O–H groups in total. The molecule has 2 aliphatic rings. The molecule has 11 nitrogen and oxygen atoms in total. The highest BCUT2D eigenvalue weighted by molar-refractivity contribution is 5.98. The molecule has 0 amide bonds. The lowest BCUT2D eigenvalue weighted by atomic mass is 10.1. The molecule has 0 aliphatic carbocycles. The summed E-state index contributed by atoms with van der Waals surface area (Å²) in [7, 11) is 0. The highest BCUT2D eigenvalue weighted by atomic mass is 16.7. The van der Waals surface area contributed by atoms with Crippen molar-refractivity contribution in [2.45, 2.75) is 19.9 Å². The Kier molecular flexibility index (Phi) is 5.91. The molecule has 0 radical (unpaired) electrons. The minimum atomic E-state index is -0.833. The number of rotatable bonds is 4. The van der Waals surface area contributed by atoms with Crippen LogP contribution in [0.1, 0.15) is 13.3 Å². The summed E-state index contributed by atoms with van der Waals surface area (Å²) in [6.07, 6.45) is 2.74. The van der Waals surface area contributed by atoms with Crippen LogP contribution in [-0.2, 0) is 11.3 Å². The fraction of sp³-hybridized carbons (Fsp3) is 0.292. The Hall–Kier alpha value is -4.25. The fourth-order valence-electron chi connectivity index (χ4n) is 4.15. The number of aryl methyl sites for hydroxylation is 1. The number of carboxylic acid groups (broad SMARTS) is 1. The molecule has 35 heavy (non-hydrogen) atoms. The Morgan fingerprint density at radius 1 is 1.14 bits per heavy atom. The number of fused-ring (bicyclic) bond motifs is 5. The summed E-state index contributed by atoms with van der Waals surface area (Å²) in [5.41, 5.74) is 8.57. The molecule has 0 bridgehead atoms. The molecule has 2 aliphatic heterocycles. The first-order chi connectivity index (χ1) is 17.0. The molecule has 2 aromatic heterocycles. The topological polar surface area (TPSA) is 151 Å². The maximum absolute atomic E-state index is 13.0. The highest BCUT2D eigenvalue weighted by Crippen LogP contribution is 2.41. The van der Waals surface area contributed by atoms with Crippen LogP contribution < -0.4 is 30.2 Å². The Balaban J connectivity index is 0.000000591. The number of ether oxygens (including phenoxy) is 4. The molecule has 182 valence electrons. The third kappa shape index (κ3) is 4.21. The van der Waals surface area contributed by atoms with Gasteiger partial charge in [0.1, 0.15) is 24.4 Å². The fourth-order valence-corrected chi connectivity index (χ4v) is 4.15. The summed E-state index contributed by atoms with van der Waals surface area (Å²) >= 11 is 0. The molecule has 0 atom stereocenters. The molecule has 0 spiro atoms. The van der Waals surface area contributed by atoms with Crippen LogP contribution in [0, 0.1) is 0 Å². The number of nitrogens with one attached hydrogen (secondary N) is 1. The Morgan fingerprint density at radius 3 is 2.66 bits per heavy atom. The predicted octanol–water partition coefficient (Wildman–Crippen LogP) is 2.48. The smallest absolute Gasteiger partial charge is 0.300 e. The van der Waals surface area contributed by atoms with Crippen LogP contribution in [0.4, 0.5) is 0 Å². The SMILES string of the molecule is CC(=O)O.NCCCn1cc(-c2nc3c4c(ccc3[nH]c2=O)OCCO4)c2cc3c(cc21)OCO3. The minimum Gasteiger partial charge on any atom is -0.486 e. The van der Waals surface area contributed by atoms with Crippen LogP contribution in [0.5, 0.6) is 23.0 Å². The van der Waals surface area contributed by atoms with Crippen molar-refractivity contribution in [1.29, 1.82) is 0 Å². The van der Waals surface area contributed by atoms with Gasteiger partial charge < -0.3 is 39.3 Å². The van der Waals surface area contributed by atoms with E-state index in [2.05, 4.69) is 9.55 Å². The van der Waals surface area contributed by atoms with Gasteiger partial charge in [-0.25, -0.2) is 4.98 Å². The standard InChI is InChI=1S/C22H20N4O5.C2H4O2/c23-4-1-5-26-10-13(12-8-17-18(9-15(12)26)31-11-30-17)19-22(27)24-14-2-3-16-21(20(14)25-19)29-7-6-28-16;1-2(3)4/h2-3,8-10H,1,4-7,11,23H2,(H,24,27);1H3,(H,3,4). The van der Waals surface area contributed by atoms with Crippen molar-refractivity contribution in [3.8, 4) is 34.3 Å². The van der Waals surface area contributed by atoms with Gasteiger partial charge in [0.25, 0.3) is 11.5 Å². The van der Waals surface area contributed by atoms with Crippen LogP contribution in [0.15, 0.2) is 35.3 Å². The van der Waals surface area contributed by atoms with Gasteiger partial charge in [0.2, 0.25) is 6.79 Å². The van der Waals surface area contributed by atoms with Gasteiger partial charge in [-0.3, -0.25) is 9.59 Å². The summed E-state index contributed by atoms with van der Waals surface area (Å²) in [6.45, 7) is 3.46. The molecular formula is C24H24N4O7. The summed E-state index contributed by atoms with van der Waals surface area (Å²) in [5.74, 6) is 1.67. The Labute approximate surface area is 199 Å². The summed E-state index contributed by atoms with van der Waals surface area (Å²) in [4.78, 5) is 29.7. The molecule has 4 heterocycles.